The second kappa shape index (κ2) is 8.90. The minimum absolute atomic E-state index is 0.622. The maximum Gasteiger partial charge on any atom is 0.0495 e. The average Bonchev–Trinajstić information content (AvgIpc) is 2.84. The van der Waals surface area contributed by atoms with Gasteiger partial charge in [-0.3, -0.25) is 0 Å². The lowest BCUT2D eigenvalue weighted by Crippen LogP contribution is -2.37. The number of ether oxygens (including phenoxy) is 2. The number of rotatable bonds is 9. The summed E-state index contributed by atoms with van der Waals surface area (Å²) in [6.07, 6.45) is 4.84. The first-order chi connectivity index (χ1) is 8.27. The monoisotopic (exact) mass is 243 g/mol. The second-order valence-electron chi connectivity index (χ2n) is 5.28. The largest absolute Gasteiger partial charge is 0.385 e. The minimum Gasteiger partial charge on any atom is -0.385 e. The quantitative estimate of drug-likeness (QED) is 0.675. The molecule has 0 bridgehead atoms. The van der Waals surface area contributed by atoms with Crippen molar-refractivity contribution >= 4 is 0 Å². The molecule has 1 saturated heterocycles. The first-order valence-electron chi connectivity index (χ1n) is 7.08. The Morgan fingerprint density at radius 2 is 2.29 bits per heavy atom. The summed E-state index contributed by atoms with van der Waals surface area (Å²) in [4.78, 5) is 0. The van der Waals surface area contributed by atoms with Crippen LogP contribution in [0.4, 0.5) is 0 Å². The van der Waals surface area contributed by atoms with Crippen LogP contribution in [0.1, 0.15) is 39.5 Å². The number of methoxy groups -OCH3 is 1. The van der Waals surface area contributed by atoms with Crippen molar-refractivity contribution < 1.29 is 9.47 Å². The van der Waals surface area contributed by atoms with E-state index in [0.29, 0.717) is 12.0 Å². The van der Waals surface area contributed by atoms with Gasteiger partial charge in [0.1, 0.15) is 0 Å². The summed E-state index contributed by atoms with van der Waals surface area (Å²) in [6, 6.07) is 0.622. The van der Waals surface area contributed by atoms with Gasteiger partial charge < -0.3 is 14.8 Å². The van der Waals surface area contributed by atoms with Crippen molar-refractivity contribution in [2.24, 2.45) is 11.8 Å². The van der Waals surface area contributed by atoms with E-state index in [-0.39, 0.29) is 0 Å². The summed E-state index contributed by atoms with van der Waals surface area (Å²) in [5.74, 6) is 1.44. The molecule has 3 atom stereocenters. The van der Waals surface area contributed by atoms with Gasteiger partial charge in [-0.15, -0.1) is 0 Å². The van der Waals surface area contributed by atoms with Crippen LogP contribution in [-0.2, 0) is 9.47 Å². The van der Waals surface area contributed by atoms with E-state index in [4.69, 9.17) is 9.47 Å². The van der Waals surface area contributed by atoms with Crippen molar-refractivity contribution in [3.05, 3.63) is 0 Å². The summed E-state index contributed by atoms with van der Waals surface area (Å²) in [5, 5.41) is 3.69. The molecule has 3 heteroatoms. The van der Waals surface area contributed by atoms with E-state index < -0.39 is 0 Å². The highest BCUT2D eigenvalue weighted by Crippen LogP contribution is 2.22. The highest BCUT2D eigenvalue weighted by Gasteiger charge is 2.23. The van der Waals surface area contributed by atoms with Crippen LogP contribution in [-0.4, -0.2) is 39.5 Å². The molecule has 0 spiro atoms. The highest BCUT2D eigenvalue weighted by molar-refractivity contribution is 4.78. The Bertz CT molecular complexity index is 181. The summed E-state index contributed by atoms with van der Waals surface area (Å²) in [7, 11) is 1.78. The first kappa shape index (κ1) is 14.9. The van der Waals surface area contributed by atoms with Crippen molar-refractivity contribution in [2.75, 3.05) is 33.5 Å². The van der Waals surface area contributed by atoms with Crippen molar-refractivity contribution in [3.63, 3.8) is 0 Å². The van der Waals surface area contributed by atoms with Crippen molar-refractivity contribution in [3.8, 4) is 0 Å². The molecule has 3 unspecified atom stereocenters. The summed E-state index contributed by atoms with van der Waals surface area (Å²) >= 11 is 0. The standard InChI is InChI=1S/C14H29NO2/c1-4-7-15-14(12(2)5-8-16-3)10-13-6-9-17-11-13/h12-15H,4-11H2,1-3H3. The molecule has 0 saturated carbocycles. The molecule has 1 fully saturated rings. The van der Waals surface area contributed by atoms with Crippen LogP contribution in [0.2, 0.25) is 0 Å². The molecule has 0 aromatic rings. The fourth-order valence-corrected chi connectivity index (χ4v) is 2.48. The molecule has 17 heavy (non-hydrogen) atoms. The number of hydrogen-bond donors (Lipinski definition) is 1. The predicted octanol–water partition coefficient (Wildman–Crippen LogP) is 2.45. The molecule has 0 radical (unpaired) electrons. The maximum atomic E-state index is 5.47. The van der Waals surface area contributed by atoms with E-state index in [1.165, 1.54) is 19.3 Å². The van der Waals surface area contributed by atoms with Gasteiger partial charge >= 0.3 is 0 Å². The van der Waals surface area contributed by atoms with Gasteiger partial charge in [0.15, 0.2) is 0 Å². The van der Waals surface area contributed by atoms with Crippen LogP contribution in [0.5, 0.6) is 0 Å². The summed E-state index contributed by atoms with van der Waals surface area (Å²) < 4.78 is 10.7. The molecular formula is C14H29NO2. The van der Waals surface area contributed by atoms with Crippen LogP contribution >= 0.6 is 0 Å². The number of nitrogens with one attached hydrogen (secondary N) is 1. The van der Waals surface area contributed by atoms with Crippen LogP contribution < -0.4 is 5.32 Å². The highest BCUT2D eigenvalue weighted by atomic mass is 16.5. The fraction of sp³-hybridized carbons (Fsp3) is 1.00. The zero-order chi connectivity index (χ0) is 12.5. The van der Waals surface area contributed by atoms with E-state index in [1.54, 1.807) is 7.11 Å². The van der Waals surface area contributed by atoms with Gasteiger partial charge in [-0.1, -0.05) is 13.8 Å². The molecule has 1 heterocycles. The molecule has 1 aliphatic rings. The first-order valence-corrected chi connectivity index (χ1v) is 7.08. The lowest BCUT2D eigenvalue weighted by atomic mass is 9.89. The minimum atomic E-state index is 0.622. The Morgan fingerprint density at radius 3 is 2.88 bits per heavy atom. The van der Waals surface area contributed by atoms with Crippen LogP contribution in [0, 0.1) is 11.8 Å². The summed E-state index contributed by atoms with van der Waals surface area (Å²) in [5.41, 5.74) is 0. The molecular weight excluding hydrogens is 214 g/mol. The van der Waals surface area contributed by atoms with Gasteiger partial charge in [0, 0.05) is 33.0 Å². The Morgan fingerprint density at radius 1 is 1.47 bits per heavy atom. The Balaban J connectivity index is 2.34. The third-order valence-electron chi connectivity index (χ3n) is 3.73. The molecule has 0 aliphatic carbocycles. The molecule has 3 nitrogen and oxygen atoms in total. The second-order valence-corrected chi connectivity index (χ2v) is 5.28. The fourth-order valence-electron chi connectivity index (χ4n) is 2.48. The summed E-state index contributed by atoms with van der Waals surface area (Å²) in [6.45, 7) is 8.46. The Hall–Kier alpha value is -0.120. The average molecular weight is 243 g/mol. The van der Waals surface area contributed by atoms with Gasteiger partial charge in [0.2, 0.25) is 0 Å². The molecule has 0 aromatic carbocycles. The van der Waals surface area contributed by atoms with E-state index in [9.17, 15) is 0 Å². The van der Waals surface area contributed by atoms with Gasteiger partial charge in [0.05, 0.1) is 0 Å². The lowest BCUT2D eigenvalue weighted by molar-refractivity contribution is 0.158. The SMILES string of the molecule is CCCNC(CC1CCOC1)C(C)CCOC. The van der Waals surface area contributed by atoms with Gasteiger partial charge in [-0.05, 0) is 44.1 Å². The van der Waals surface area contributed by atoms with Crippen molar-refractivity contribution in [1.29, 1.82) is 0 Å². The third kappa shape index (κ3) is 5.84. The third-order valence-corrected chi connectivity index (χ3v) is 3.73. The molecule has 0 amide bonds. The zero-order valence-electron chi connectivity index (χ0n) is 11.7. The van der Waals surface area contributed by atoms with E-state index >= 15 is 0 Å². The molecule has 102 valence electrons. The van der Waals surface area contributed by atoms with E-state index in [1.807, 2.05) is 0 Å². The van der Waals surface area contributed by atoms with E-state index in [2.05, 4.69) is 19.2 Å². The van der Waals surface area contributed by atoms with Gasteiger partial charge in [-0.25, -0.2) is 0 Å². The van der Waals surface area contributed by atoms with E-state index in [0.717, 1.165) is 38.7 Å². The number of hydrogen-bond acceptors (Lipinski definition) is 3. The molecule has 0 aromatic heterocycles. The topological polar surface area (TPSA) is 30.5 Å². The zero-order valence-corrected chi connectivity index (χ0v) is 11.7. The van der Waals surface area contributed by atoms with Crippen LogP contribution in [0.15, 0.2) is 0 Å². The molecule has 1 N–H and O–H groups in total. The molecule has 1 rings (SSSR count). The van der Waals surface area contributed by atoms with Crippen molar-refractivity contribution in [1.82, 2.24) is 5.32 Å². The smallest absolute Gasteiger partial charge is 0.0495 e. The molecule has 1 aliphatic heterocycles. The maximum absolute atomic E-state index is 5.47. The van der Waals surface area contributed by atoms with Gasteiger partial charge in [0.25, 0.3) is 0 Å². The lowest BCUT2D eigenvalue weighted by Gasteiger charge is -2.27. The predicted molar refractivity (Wildman–Crippen MR) is 71.3 cm³/mol. The van der Waals surface area contributed by atoms with Gasteiger partial charge in [-0.2, -0.15) is 0 Å². The van der Waals surface area contributed by atoms with Crippen LogP contribution in [0.3, 0.4) is 0 Å². The van der Waals surface area contributed by atoms with Crippen molar-refractivity contribution in [2.45, 2.75) is 45.6 Å². The van der Waals surface area contributed by atoms with Crippen LogP contribution in [0.25, 0.3) is 0 Å². The normalized spacial score (nSPS) is 23.8. The Kier molecular flexibility index (Phi) is 7.82. The Labute approximate surface area is 106 Å².